The molecule has 0 saturated heterocycles. The lowest BCUT2D eigenvalue weighted by Crippen LogP contribution is -2.18. The molecule has 0 fully saturated rings. The van der Waals surface area contributed by atoms with Crippen LogP contribution < -0.4 is 9.47 Å². The van der Waals surface area contributed by atoms with Gasteiger partial charge in [0.05, 0.1) is 7.11 Å². The smallest absolute Gasteiger partial charge is 0.478 e. The summed E-state index contributed by atoms with van der Waals surface area (Å²) >= 11 is 0. The zero-order chi connectivity index (χ0) is 10.8. The molecule has 0 aromatic carbocycles. The monoisotopic (exact) mass is 207 g/mol. The van der Waals surface area contributed by atoms with E-state index in [1.807, 2.05) is 0 Å². The number of methoxy groups -OCH3 is 1. The van der Waals surface area contributed by atoms with Crippen molar-refractivity contribution in [3.63, 3.8) is 0 Å². The van der Waals surface area contributed by atoms with Crippen molar-refractivity contribution in [1.29, 1.82) is 0 Å². The van der Waals surface area contributed by atoms with E-state index in [1.54, 1.807) is 6.92 Å². The molecule has 78 valence electrons. The molecular weight excluding hydrogens is 199 g/mol. The van der Waals surface area contributed by atoms with Gasteiger partial charge in [0, 0.05) is 6.20 Å². The third-order valence-electron chi connectivity index (χ3n) is 1.37. The molecule has 0 amide bonds. The maximum atomic E-state index is 11.9. The average Bonchev–Trinajstić information content (AvgIpc) is 2.01. The van der Waals surface area contributed by atoms with Gasteiger partial charge in [-0.25, -0.2) is 4.98 Å². The van der Waals surface area contributed by atoms with Crippen LogP contribution in [-0.4, -0.2) is 18.5 Å². The Kier molecular flexibility index (Phi) is 2.83. The highest BCUT2D eigenvalue weighted by Gasteiger charge is 2.32. The Morgan fingerprint density at radius 3 is 2.50 bits per heavy atom. The minimum absolute atomic E-state index is 0.187. The van der Waals surface area contributed by atoms with E-state index in [0.29, 0.717) is 5.56 Å². The molecule has 0 bridgehead atoms. The molecule has 0 aliphatic carbocycles. The number of alkyl halides is 3. The minimum atomic E-state index is -4.73. The summed E-state index contributed by atoms with van der Waals surface area (Å²) in [5, 5.41) is 0. The zero-order valence-electron chi connectivity index (χ0n) is 7.55. The number of rotatable bonds is 2. The van der Waals surface area contributed by atoms with Crippen LogP contribution >= 0.6 is 0 Å². The molecule has 0 saturated carbocycles. The molecule has 6 heteroatoms. The first kappa shape index (κ1) is 10.6. The fourth-order valence-corrected chi connectivity index (χ4v) is 0.881. The standard InChI is InChI=1S/C8H8F3NO2/c1-5-3-6(14-8(9,10)11)7(13-2)12-4-5/h3-4H,1-2H3. The first-order chi connectivity index (χ1) is 6.42. The lowest BCUT2D eigenvalue weighted by molar-refractivity contribution is -0.275. The molecule has 3 nitrogen and oxygen atoms in total. The Bertz CT molecular complexity index is 325. The highest BCUT2D eigenvalue weighted by atomic mass is 19.4. The number of aromatic nitrogens is 1. The average molecular weight is 207 g/mol. The molecule has 1 aromatic rings. The fourth-order valence-electron chi connectivity index (χ4n) is 0.881. The fraction of sp³-hybridized carbons (Fsp3) is 0.375. The molecular formula is C8H8F3NO2. The molecule has 0 atom stereocenters. The summed E-state index contributed by atoms with van der Waals surface area (Å²) in [5.41, 5.74) is 0.560. The Balaban J connectivity index is 2.99. The van der Waals surface area contributed by atoms with Gasteiger partial charge in [-0.15, -0.1) is 13.2 Å². The van der Waals surface area contributed by atoms with Gasteiger partial charge in [0.15, 0.2) is 5.75 Å². The summed E-state index contributed by atoms with van der Waals surface area (Å²) in [6.45, 7) is 1.61. The number of pyridine rings is 1. The predicted octanol–water partition coefficient (Wildman–Crippen LogP) is 2.30. The lowest BCUT2D eigenvalue weighted by Gasteiger charge is -2.11. The summed E-state index contributed by atoms with van der Waals surface area (Å²) in [5.74, 6) is -0.618. The molecule has 0 aliphatic rings. The maximum absolute atomic E-state index is 11.9. The summed E-state index contributed by atoms with van der Waals surface area (Å²) < 4.78 is 44.0. The zero-order valence-corrected chi connectivity index (χ0v) is 7.55. The molecule has 0 spiro atoms. The van der Waals surface area contributed by atoms with E-state index in [1.165, 1.54) is 19.4 Å². The molecule has 1 aromatic heterocycles. The summed E-state index contributed by atoms with van der Waals surface area (Å²) in [6.07, 6.45) is -3.34. The third-order valence-corrected chi connectivity index (χ3v) is 1.37. The van der Waals surface area contributed by atoms with Crippen LogP contribution in [0.5, 0.6) is 11.6 Å². The van der Waals surface area contributed by atoms with Gasteiger partial charge in [0.2, 0.25) is 0 Å². The summed E-state index contributed by atoms with van der Waals surface area (Å²) in [4.78, 5) is 3.63. The second kappa shape index (κ2) is 3.73. The molecule has 1 rings (SSSR count). The number of ether oxygens (including phenoxy) is 2. The molecule has 0 N–H and O–H groups in total. The molecule has 0 unspecified atom stereocenters. The molecule has 1 heterocycles. The highest BCUT2D eigenvalue weighted by molar-refractivity contribution is 5.35. The number of nitrogens with zero attached hydrogens (tertiary/aromatic N) is 1. The number of hydrogen-bond acceptors (Lipinski definition) is 3. The first-order valence-corrected chi connectivity index (χ1v) is 3.69. The SMILES string of the molecule is COc1ncc(C)cc1OC(F)(F)F. The Morgan fingerprint density at radius 2 is 2.00 bits per heavy atom. The Morgan fingerprint density at radius 1 is 1.36 bits per heavy atom. The van der Waals surface area contributed by atoms with E-state index in [0.717, 1.165) is 0 Å². The van der Waals surface area contributed by atoms with E-state index in [2.05, 4.69) is 14.5 Å². The van der Waals surface area contributed by atoms with Crippen molar-refractivity contribution in [3.05, 3.63) is 17.8 Å². The van der Waals surface area contributed by atoms with E-state index in [-0.39, 0.29) is 5.88 Å². The quantitative estimate of drug-likeness (QED) is 0.745. The summed E-state index contributed by atoms with van der Waals surface area (Å²) in [6, 6.07) is 1.21. The van der Waals surface area contributed by atoms with Gasteiger partial charge in [-0.2, -0.15) is 0 Å². The second-order valence-electron chi connectivity index (χ2n) is 2.57. The molecule has 0 radical (unpaired) electrons. The van der Waals surface area contributed by atoms with Gasteiger partial charge in [-0.1, -0.05) is 0 Å². The maximum Gasteiger partial charge on any atom is 0.573 e. The third kappa shape index (κ3) is 2.79. The van der Waals surface area contributed by atoms with Crippen LogP contribution in [0.3, 0.4) is 0 Å². The van der Waals surface area contributed by atoms with Gasteiger partial charge in [0.1, 0.15) is 0 Å². The van der Waals surface area contributed by atoms with Crippen molar-refractivity contribution in [3.8, 4) is 11.6 Å². The van der Waals surface area contributed by atoms with Crippen molar-refractivity contribution in [2.24, 2.45) is 0 Å². The van der Waals surface area contributed by atoms with Crippen LogP contribution in [0.25, 0.3) is 0 Å². The van der Waals surface area contributed by atoms with Crippen LogP contribution in [0.1, 0.15) is 5.56 Å². The first-order valence-electron chi connectivity index (χ1n) is 3.69. The normalized spacial score (nSPS) is 11.2. The van der Waals surface area contributed by atoms with E-state index in [4.69, 9.17) is 0 Å². The Hall–Kier alpha value is -1.46. The largest absolute Gasteiger partial charge is 0.573 e. The van der Waals surface area contributed by atoms with Gasteiger partial charge in [0.25, 0.3) is 5.88 Å². The van der Waals surface area contributed by atoms with Gasteiger partial charge in [-0.05, 0) is 18.6 Å². The van der Waals surface area contributed by atoms with Crippen LogP contribution in [0.2, 0.25) is 0 Å². The lowest BCUT2D eigenvalue weighted by atomic mass is 10.3. The molecule has 0 aliphatic heterocycles. The van der Waals surface area contributed by atoms with Crippen LogP contribution in [0.4, 0.5) is 13.2 Å². The minimum Gasteiger partial charge on any atom is -0.478 e. The van der Waals surface area contributed by atoms with Crippen molar-refractivity contribution < 1.29 is 22.6 Å². The van der Waals surface area contributed by atoms with Crippen LogP contribution in [0, 0.1) is 6.92 Å². The number of aryl methyl sites for hydroxylation is 1. The topological polar surface area (TPSA) is 31.4 Å². The number of hydrogen-bond donors (Lipinski definition) is 0. The van der Waals surface area contributed by atoms with Crippen molar-refractivity contribution in [1.82, 2.24) is 4.98 Å². The van der Waals surface area contributed by atoms with Gasteiger partial charge in [-0.3, -0.25) is 0 Å². The van der Waals surface area contributed by atoms with E-state index in [9.17, 15) is 13.2 Å². The van der Waals surface area contributed by atoms with Crippen LogP contribution in [-0.2, 0) is 0 Å². The van der Waals surface area contributed by atoms with Crippen LogP contribution in [0.15, 0.2) is 12.3 Å². The van der Waals surface area contributed by atoms with Gasteiger partial charge >= 0.3 is 6.36 Å². The summed E-state index contributed by atoms with van der Waals surface area (Å²) in [7, 11) is 1.22. The Labute approximate surface area is 78.5 Å². The van der Waals surface area contributed by atoms with E-state index < -0.39 is 12.1 Å². The van der Waals surface area contributed by atoms with Gasteiger partial charge < -0.3 is 9.47 Å². The van der Waals surface area contributed by atoms with Crippen molar-refractivity contribution in [2.75, 3.05) is 7.11 Å². The molecule has 14 heavy (non-hydrogen) atoms. The second-order valence-corrected chi connectivity index (χ2v) is 2.57. The number of halogens is 3. The van der Waals surface area contributed by atoms with Crippen molar-refractivity contribution in [2.45, 2.75) is 13.3 Å². The van der Waals surface area contributed by atoms with Crippen molar-refractivity contribution >= 4 is 0 Å². The van der Waals surface area contributed by atoms with E-state index >= 15 is 0 Å². The predicted molar refractivity (Wildman–Crippen MR) is 42.2 cm³/mol. The highest BCUT2D eigenvalue weighted by Crippen LogP contribution is 2.30.